The maximum Gasteiger partial charge on any atom is 0.0612 e. The Morgan fingerprint density at radius 3 is 3.12 bits per heavy atom. The van der Waals surface area contributed by atoms with E-state index >= 15 is 0 Å². The molecule has 2 nitrogen and oxygen atoms in total. The van der Waals surface area contributed by atoms with Crippen LogP contribution < -0.4 is 0 Å². The zero-order chi connectivity index (χ0) is 12.3. The maximum atomic E-state index is 5.75. The van der Waals surface area contributed by atoms with E-state index in [0.717, 1.165) is 19.4 Å². The van der Waals surface area contributed by atoms with Crippen molar-refractivity contribution in [1.82, 2.24) is 4.98 Å². The molecular weight excluding hydrogens is 278 g/mol. The van der Waals surface area contributed by atoms with E-state index in [1.165, 1.54) is 17.7 Å². The lowest BCUT2D eigenvalue weighted by Crippen LogP contribution is -2.25. The Morgan fingerprint density at radius 2 is 2.41 bits per heavy atom. The highest BCUT2D eigenvalue weighted by Gasteiger charge is 2.32. The molecule has 1 aromatic heterocycles. The van der Waals surface area contributed by atoms with E-state index in [0.29, 0.717) is 16.8 Å². The minimum Gasteiger partial charge on any atom is -0.378 e. The average molecular weight is 298 g/mol. The molecule has 3 unspecified atom stereocenters. The standard InChI is InChI=1S/C14H20BrNO/c1-3-14-11(6-8-17-14)12(15)9-13-10(2)5-4-7-16-13/h4-5,7,11-12,14H,3,6,8-9H2,1-2H3. The first-order chi connectivity index (χ1) is 8.22. The van der Waals surface area contributed by atoms with E-state index in [1.807, 2.05) is 12.3 Å². The Kier molecular flexibility index (Phi) is 4.57. The maximum absolute atomic E-state index is 5.75. The van der Waals surface area contributed by atoms with Crippen LogP contribution in [0.3, 0.4) is 0 Å². The second-order valence-corrected chi connectivity index (χ2v) is 5.93. The lowest BCUT2D eigenvalue weighted by molar-refractivity contribution is 0.0872. The summed E-state index contributed by atoms with van der Waals surface area (Å²) in [7, 11) is 0. The van der Waals surface area contributed by atoms with Crippen molar-refractivity contribution in [3.8, 4) is 0 Å². The summed E-state index contributed by atoms with van der Waals surface area (Å²) in [6.07, 6.45) is 5.57. The van der Waals surface area contributed by atoms with Gasteiger partial charge in [-0.15, -0.1) is 0 Å². The summed E-state index contributed by atoms with van der Waals surface area (Å²) in [6.45, 7) is 5.24. The van der Waals surface area contributed by atoms with Gasteiger partial charge in [0.2, 0.25) is 0 Å². The van der Waals surface area contributed by atoms with Crippen molar-refractivity contribution in [1.29, 1.82) is 0 Å². The van der Waals surface area contributed by atoms with Crippen LogP contribution in [0.2, 0.25) is 0 Å². The third-order valence-electron chi connectivity index (χ3n) is 3.63. The summed E-state index contributed by atoms with van der Waals surface area (Å²) in [6, 6.07) is 4.13. The van der Waals surface area contributed by atoms with Crippen molar-refractivity contribution >= 4 is 15.9 Å². The summed E-state index contributed by atoms with van der Waals surface area (Å²) in [5.41, 5.74) is 2.49. The SMILES string of the molecule is CCC1OCCC1C(Br)Cc1ncccc1C. The molecule has 0 spiro atoms. The fourth-order valence-electron chi connectivity index (χ4n) is 2.57. The molecule has 1 saturated heterocycles. The van der Waals surface area contributed by atoms with Crippen LogP contribution in [-0.2, 0) is 11.2 Å². The van der Waals surface area contributed by atoms with Gasteiger partial charge >= 0.3 is 0 Å². The number of pyridine rings is 1. The van der Waals surface area contributed by atoms with Gasteiger partial charge in [0.25, 0.3) is 0 Å². The molecule has 0 amide bonds. The molecule has 94 valence electrons. The molecule has 1 aliphatic rings. The van der Waals surface area contributed by atoms with E-state index in [2.05, 4.69) is 40.8 Å². The van der Waals surface area contributed by atoms with Crippen LogP contribution in [0.5, 0.6) is 0 Å². The number of hydrogen-bond donors (Lipinski definition) is 0. The van der Waals surface area contributed by atoms with Crippen LogP contribution in [0, 0.1) is 12.8 Å². The molecule has 3 atom stereocenters. The second-order valence-electron chi connectivity index (χ2n) is 4.76. The normalized spacial score (nSPS) is 26.1. The fraction of sp³-hybridized carbons (Fsp3) is 0.643. The monoisotopic (exact) mass is 297 g/mol. The largest absolute Gasteiger partial charge is 0.378 e. The van der Waals surface area contributed by atoms with Gasteiger partial charge in [-0.2, -0.15) is 0 Å². The molecule has 2 heterocycles. The van der Waals surface area contributed by atoms with Crippen LogP contribution in [-0.4, -0.2) is 22.5 Å². The zero-order valence-corrected chi connectivity index (χ0v) is 12.1. The Morgan fingerprint density at radius 1 is 1.59 bits per heavy atom. The molecule has 0 saturated carbocycles. The Balaban J connectivity index is 2.01. The van der Waals surface area contributed by atoms with Gasteiger partial charge in [0.15, 0.2) is 0 Å². The first-order valence-electron chi connectivity index (χ1n) is 6.38. The molecule has 0 N–H and O–H groups in total. The van der Waals surface area contributed by atoms with E-state index in [1.54, 1.807) is 0 Å². The molecule has 17 heavy (non-hydrogen) atoms. The number of rotatable bonds is 4. The first-order valence-corrected chi connectivity index (χ1v) is 7.30. The number of ether oxygens (including phenoxy) is 1. The van der Waals surface area contributed by atoms with Gasteiger partial charge in [-0.25, -0.2) is 0 Å². The third-order valence-corrected chi connectivity index (χ3v) is 4.64. The van der Waals surface area contributed by atoms with Crippen LogP contribution in [0.1, 0.15) is 31.0 Å². The molecule has 3 heteroatoms. The van der Waals surface area contributed by atoms with E-state index in [9.17, 15) is 0 Å². The van der Waals surface area contributed by atoms with Gasteiger partial charge in [0.05, 0.1) is 6.10 Å². The predicted molar refractivity (Wildman–Crippen MR) is 73.5 cm³/mol. The van der Waals surface area contributed by atoms with Crippen molar-refractivity contribution in [2.24, 2.45) is 5.92 Å². The minimum atomic E-state index is 0.420. The molecule has 0 aliphatic carbocycles. The van der Waals surface area contributed by atoms with E-state index < -0.39 is 0 Å². The van der Waals surface area contributed by atoms with Crippen LogP contribution in [0.15, 0.2) is 18.3 Å². The number of halogens is 1. The second kappa shape index (κ2) is 5.96. The van der Waals surface area contributed by atoms with Gasteiger partial charge < -0.3 is 4.74 Å². The van der Waals surface area contributed by atoms with Gasteiger partial charge in [-0.05, 0) is 31.4 Å². The third kappa shape index (κ3) is 3.08. The van der Waals surface area contributed by atoms with Crippen molar-refractivity contribution in [2.75, 3.05) is 6.61 Å². The van der Waals surface area contributed by atoms with Gasteiger partial charge in [0, 0.05) is 35.7 Å². The number of nitrogens with zero attached hydrogens (tertiary/aromatic N) is 1. The van der Waals surface area contributed by atoms with Crippen molar-refractivity contribution in [3.05, 3.63) is 29.6 Å². The summed E-state index contributed by atoms with van der Waals surface area (Å²) in [5.74, 6) is 0.626. The summed E-state index contributed by atoms with van der Waals surface area (Å²) >= 11 is 3.84. The quantitative estimate of drug-likeness (QED) is 0.794. The summed E-state index contributed by atoms with van der Waals surface area (Å²) in [5, 5.41) is 0. The van der Waals surface area contributed by atoms with Crippen LogP contribution in [0.25, 0.3) is 0 Å². The first kappa shape index (κ1) is 13.0. The Labute approximate surface area is 112 Å². The van der Waals surface area contributed by atoms with E-state index in [-0.39, 0.29) is 0 Å². The number of aromatic nitrogens is 1. The average Bonchev–Trinajstić information content (AvgIpc) is 2.80. The van der Waals surface area contributed by atoms with Crippen LogP contribution in [0.4, 0.5) is 0 Å². The number of alkyl halides is 1. The molecule has 1 aliphatic heterocycles. The van der Waals surface area contributed by atoms with Crippen LogP contribution >= 0.6 is 15.9 Å². The smallest absolute Gasteiger partial charge is 0.0612 e. The Bertz CT molecular complexity index is 369. The molecule has 1 aromatic rings. The molecule has 0 radical (unpaired) electrons. The lowest BCUT2D eigenvalue weighted by atomic mass is 9.92. The highest BCUT2D eigenvalue weighted by molar-refractivity contribution is 9.09. The molecule has 1 fully saturated rings. The molecule has 0 aromatic carbocycles. The Hall–Kier alpha value is -0.410. The van der Waals surface area contributed by atoms with Crippen molar-refractivity contribution < 1.29 is 4.74 Å². The van der Waals surface area contributed by atoms with E-state index in [4.69, 9.17) is 4.74 Å². The van der Waals surface area contributed by atoms with Gasteiger partial charge in [-0.1, -0.05) is 28.9 Å². The lowest BCUT2D eigenvalue weighted by Gasteiger charge is -2.22. The highest BCUT2D eigenvalue weighted by atomic mass is 79.9. The minimum absolute atomic E-state index is 0.420. The summed E-state index contributed by atoms with van der Waals surface area (Å²) in [4.78, 5) is 4.95. The summed E-state index contributed by atoms with van der Waals surface area (Å²) < 4.78 is 5.75. The number of hydrogen-bond acceptors (Lipinski definition) is 2. The highest BCUT2D eigenvalue weighted by Crippen LogP contribution is 2.32. The van der Waals surface area contributed by atoms with Crippen molar-refractivity contribution in [2.45, 2.75) is 44.0 Å². The predicted octanol–water partition coefficient (Wildman–Crippen LogP) is 3.51. The molecular formula is C14H20BrNO. The topological polar surface area (TPSA) is 22.1 Å². The molecule has 2 rings (SSSR count). The molecule has 0 bridgehead atoms. The van der Waals surface area contributed by atoms with Gasteiger partial charge in [-0.3, -0.25) is 4.98 Å². The van der Waals surface area contributed by atoms with Crippen molar-refractivity contribution in [3.63, 3.8) is 0 Å². The zero-order valence-electron chi connectivity index (χ0n) is 10.5. The fourth-order valence-corrected chi connectivity index (χ4v) is 3.48. The number of aryl methyl sites for hydroxylation is 1. The van der Waals surface area contributed by atoms with Gasteiger partial charge in [0.1, 0.15) is 0 Å².